The largest absolute Gasteiger partial charge is 0.305 e. The summed E-state index contributed by atoms with van der Waals surface area (Å²) in [6.45, 7) is 3.98. The third kappa shape index (κ3) is 4.77. The summed E-state index contributed by atoms with van der Waals surface area (Å²) in [5.41, 5.74) is 2.81. The van der Waals surface area contributed by atoms with Gasteiger partial charge in [0, 0.05) is 23.0 Å². The average Bonchev–Trinajstić information content (AvgIpc) is 3.11. The summed E-state index contributed by atoms with van der Waals surface area (Å²) in [7, 11) is -3.73. The molecule has 3 aromatic rings. The summed E-state index contributed by atoms with van der Waals surface area (Å²) < 4.78 is 27.5. The monoisotopic (exact) mass is 398 g/mol. The van der Waals surface area contributed by atoms with Crippen molar-refractivity contribution in [1.82, 2.24) is 10.2 Å². The second-order valence-corrected chi connectivity index (χ2v) is 8.16. The second-order valence-electron chi connectivity index (χ2n) is 6.48. The Kier molecular flexibility index (Phi) is 5.79. The van der Waals surface area contributed by atoms with Crippen molar-refractivity contribution < 1.29 is 13.2 Å². The number of benzene rings is 2. The van der Waals surface area contributed by atoms with E-state index < -0.39 is 10.0 Å². The highest BCUT2D eigenvalue weighted by Crippen LogP contribution is 2.18. The molecule has 1 amide bonds. The topological polar surface area (TPSA) is 104 Å². The number of nitrogens with zero attached hydrogens (tertiary/aromatic N) is 1. The van der Waals surface area contributed by atoms with Crippen molar-refractivity contribution in [2.75, 3.05) is 10.0 Å². The molecule has 0 atom stereocenters. The Morgan fingerprint density at radius 1 is 1.07 bits per heavy atom. The number of nitrogens with one attached hydrogen (secondary N) is 3. The highest BCUT2D eigenvalue weighted by atomic mass is 32.2. The van der Waals surface area contributed by atoms with Crippen molar-refractivity contribution in [3.8, 4) is 0 Å². The van der Waals surface area contributed by atoms with Gasteiger partial charge in [0.15, 0.2) is 5.82 Å². The molecule has 0 aliphatic carbocycles. The molecule has 0 unspecified atom stereocenters. The molecule has 2 aromatic carbocycles. The number of aromatic nitrogens is 2. The van der Waals surface area contributed by atoms with Gasteiger partial charge in [0.1, 0.15) is 0 Å². The Hall–Kier alpha value is -3.13. The Bertz CT molecular complexity index is 1060. The number of carbonyl (C=O) groups excluding carboxylic acids is 1. The molecule has 0 aliphatic rings. The third-order valence-corrected chi connectivity index (χ3v) is 5.52. The highest BCUT2D eigenvalue weighted by molar-refractivity contribution is 7.92. The summed E-state index contributed by atoms with van der Waals surface area (Å²) in [5, 5.41) is 9.61. The van der Waals surface area contributed by atoms with E-state index in [9.17, 15) is 13.2 Å². The Balaban J connectivity index is 1.69. The molecular weight excluding hydrogens is 376 g/mol. The molecule has 3 N–H and O–H groups in total. The lowest BCUT2D eigenvalue weighted by Crippen LogP contribution is -2.15. The first-order chi connectivity index (χ1) is 13.4. The molecule has 1 heterocycles. The van der Waals surface area contributed by atoms with Crippen molar-refractivity contribution in [3.05, 3.63) is 71.4 Å². The third-order valence-electron chi connectivity index (χ3n) is 4.12. The number of aryl methyl sites for hydroxylation is 2. The van der Waals surface area contributed by atoms with E-state index in [0.29, 0.717) is 17.1 Å². The van der Waals surface area contributed by atoms with Crippen molar-refractivity contribution in [3.63, 3.8) is 0 Å². The smallest absolute Gasteiger partial charge is 0.261 e. The van der Waals surface area contributed by atoms with Crippen LogP contribution in [0.2, 0.25) is 0 Å². The van der Waals surface area contributed by atoms with Crippen LogP contribution < -0.4 is 10.0 Å². The van der Waals surface area contributed by atoms with E-state index in [-0.39, 0.29) is 10.8 Å². The summed E-state index contributed by atoms with van der Waals surface area (Å²) in [4.78, 5) is 12.4. The fourth-order valence-corrected chi connectivity index (χ4v) is 3.69. The van der Waals surface area contributed by atoms with Crippen molar-refractivity contribution in [2.24, 2.45) is 0 Å². The van der Waals surface area contributed by atoms with E-state index in [1.54, 1.807) is 18.2 Å². The van der Waals surface area contributed by atoms with Crippen LogP contribution in [0.25, 0.3) is 0 Å². The number of amides is 1. The quantitative estimate of drug-likeness (QED) is 0.564. The molecule has 0 bridgehead atoms. The van der Waals surface area contributed by atoms with Crippen LogP contribution in [-0.2, 0) is 16.4 Å². The first-order valence-electron chi connectivity index (χ1n) is 8.92. The Labute approximate surface area is 164 Å². The van der Waals surface area contributed by atoms with Crippen LogP contribution in [0.5, 0.6) is 0 Å². The molecule has 0 spiro atoms. The molecule has 0 fully saturated rings. The minimum absolute atomic E-state index is 0.0784. The number of rotatable bonds is 7. The molecule has 28 heavy (non-hydrogen) atoms. The lowest BCUT2D eigenvalue weighted by atomic mass is 10.2. The van der Waals surface area contributed by atoms with Crippen LogP contribution in [0, 0.1) is 6.92 Å². The molecule has 146 valence electrons. The zero-order valence-electron chi connectivity index (χ0n) is 15.7. The van der Waals surface area contributed by atoms with Crippen LogP contribution in [-0.4, -0.2) is 24.5 Å². The number of hydrogen-bond donors (Lipinski definition) is 3. The summed E-state index contributed by atoms with van der Waals surface area (Å²) in [5.74, 6) is 0.0798. The van der Waals surface area contributed by atoms with Crippen LogP contribution in [0.4, 0.5) is 11.5 Å². The van der Waals surface area contributed by atoms with Gasteiger partial charge in [-0.2, -0.15) is 5.10 Å². The maximum absolute atomic E-state index is 12.5. The molecule has 0 radical (unpaired) electrons. The maximum Gasteiger partial charge on any atom is 0.261 e. The first kappa shape index (κ1) is 19.6. The fraction of sp³-hybridized carbons (Fsp3) is 0.200. The minimum atomic E-state index is -3.73. The van der Waals surface area contributed by atoms with E-state index in [4.69, 9.17) is 0 Å². The van der Waals surface area contributed by atoms with Gasteiger partial charge in [-0.1, -0.05) is 31.0 Å². The second kappa shape index (κ2) is 8.26. The van der Waals surface area contributed by atoms with Crippen LogP contribution in [0.1, 0.15) is 35.0 Å². The predicted molar refractivity (Wildman–Crippen MR) is 109 cm³/mol. The fourth-order valence-electron chi connectivity index (χ4n) is 2.63. The summed E-state index contributed by atoms with van der Waals surface area (Å²) in [6, 6.07) is 14.6. The zero-order valence-corrected chi connectivity index (χ0v) is 16.5. The van der Waals surface area contributed by atoms with Gasteiger partial charge in [-0.15, -0.1) is 0 Å². The van der Waals surface area contributed by atoms with E-state index in [1.807, 2.05) is 19.1 Å². The van der Waals surface area contributed by atoms with Gasteiger partial charge >= 0.3 is 0 Å². The van der Waals surface area contributed by atoms with Crippen molar-refractivity contribution in [1.29, 1.82) is 0 Å². The van der Waals surface area contributed by atoms with E-state index in [1.165, 1.54) is 24.3 Å². The standard InChI is InChI=1S/C20H22N4O3S/c1-3-4-17-13-19(23-22-17)21-20(25)15-7-11-18(12-8-15)28(26,27)24-16-9-5-14(2)6-10-16/h5-13,24H,3-4H2,1-2H3,(H2,21,22,23,25). The van der Waals surface area contributed by atoms with Gasteiger partial charge in [0.25, 0.3) is 15.9 Å². The number of sulfonamides is 1. The molecule has 0 saturated heterocycles. The van der Waals surface area contributed by atoms with Gasteiger partial charge in [0.2, 0.25) is 0 Å². The van der Waals surface area contributed by atoms with Gasteiger partial charge < -0.3 is 5.32 Å². The highest BCUT2D eigenvalue weighted by Gasteiger charge is 2.16. The average molecular weight is 398 g/mol. The first-order valence-corrected chi connectivity index (χ1v) is 10.4. The lowest BCUT2D eigenvalue weighted by molar-refractivity contribution is 0.102. The van der Waals surface area contributed by atoms with Crippen LogP contribution in [0.15, 0.2) is 59.5 Å². The number of anilines is 2. The molecule has 0 aliphatic heterocycles. The van der Waals surface area contributed by atoms with Gasteiger partial charge in [-0.25, -0.2) is 8.42 Å². The van der Waals surface area contributed by atoms with Gasteiger partial charge in [0.05, 0.1) is 4.90 Å². The normalized spacial score (nSPS) is 11.2. The number of H-pyrrole nitrogens is 1. The lowest BCUT2D eigenvalue weighted by Gasteiger charge is -2.09. The minimum Gasteiger partial charge on any atom is -0.305 e. The molecular formula is C20H22N4O3S. The molecule has 0 saturated carbocycles. The SMILES string of the molecule is CCCc1cc(NC(=O)c2ccc(S(=O)(=O)Nc3ccc(C)cc3)cc2)n[nH]1. The Morgan fingerprint density at radius 3 is 2.39 bits per heavy atom. The predicted octanol–water partition coefficient (Wildman–Crippen LogP) is 3.72. The van der Waals surface area contributed by atoms with E-state index in [0.717, 1.165) is 24.1 Å². The molecule has 8 heteroatoms. The van der Waals surface area contributed by atoms with Crippen molar-refractivity contribution in [2.45, 2.75) is 31.6 Å². The molecule has 7 nitrogen and oxygen atoms in total. The summed E-state index contributed by atoms with van der Waals surface area (Å²) >= 11 is 0. The van der Waals surface area contributed by atoms with E-state index in [2.05, 4.69) is 27.2 Å². The van der Waals surface area contributed by atoms with Crippen LogP contribution in [0.3, 0.4) is 0 Å². The molecule has 3 rings (SSSR count). The number of aromatic amines is 1. The van der Waals surface area contributed by atoms with Crippen molar-refractivity contribution >= 4 is 27.4 Å². The number of hydrogen-bond acceptors (Lipinski definition) is 4. The zero-order chi connectivity index (χ0) is 20.1. The summed E-state index contributed by atoms with van der Waals surface area (Å²) in [6.07, 6.45) is 1.82. The van der Waals surface area contributed by atoms with E-state index >= 15 is 0 Å². The maximum atomic E-state index is 12.5. The van der Waals surface area contributed by atoms with Crippen LogP contribution >= 0.6 is 0 Å². The molecule has 1 aromatic heterocycles. The number of carbonyl (C=O) groups is 1. The Morgan fingerprint density at radius 2 is 1.75 bits per heavy atom. The van der Waals surface area contributed by atoms with Gasteiger partial charge in [-0.3, -0.25) is 14.6 Å². The van der Waals surface area contributed by atoms with Gasteiger partial charge in [-0.05, 0) is 49.7 Å².